The van der Waals surface area contributed by atoms with Gasteiger partial charge in [-0.2, -0.15) is 5.10 Å². The lowest BCUT2D eigenvalue weighted by molar-refractivity contribution is 0.0713. The Morgan fingerprint density at radius 3 is 2.60 bits per heavy atom. The maximum atomic E-state index is 13.0. The van der Waals surface area contributed by atoms with E-state index in [1.54, 1.807) is 35.5 Å². The molecule has 9 heteroatoms. The molecule has 0 radical (unpaired) electrons. The minimum Gasteiger partial charge on any atom is -0.361 e. The van der Waals surface area contributed by atoms with E-state index in [1.165, 1.54) is 10.7 Å². The third-order valence-electron chi connectivity index (χ3n) is 5.19. The van der Waals surface area contributed by atoms with Gasteiger partial charge in [0.05, 0.1) is 18.3 Å². The van der Waals surface area contributed by atoms with Crippen molar-refractivity contribution in [2.75, 3.05) is 25.5 Å². The van der Waals surface area contributed by atoms with Crippen LogP contribution in [0.25, 0.3) is 11.3 Å². The van der Waals surface area contributed by atoms with E-state index in [4.69, 9.17) is 0 Å². The number of amides is 1. The van der Waals surface area contributed by atoms with Crippen molar-refractivity contribution in [3.05, 3.63) is 64.8 Å². The van der Waals surface area contributed by atoms with Gasteiger partial charge in [0, 0.05) is 44.7 Å². The fourth-order valence-electron chi connectivity index (χ4n) is 3.57. The predicted molar refractivity (Wildman–Crippen MR) is 112 cm³/mol. The first kappa shape index (κ1) is 19.7. The number of hydrogen-bond donors (Lipinski definition) is 0. The molecule has 1 atom stereocenters. The van der Waals surface area contributed by atoms with E-state index in [0.717, 1.165) is 18.4 Å². The molecule has 0 aromatic carbocycles. The summed E-state index contributed by atoms with van der Waals surface area (Å²) in [7, 11) is 3.74. The van der Waals surface area contributed by atoms with E-state index in [9.17, 15) is 9.59 Å². The lowest BCUT2D eigenvalue weighted by atomic mass is 10.2. The lowest BCUT2D eigenvalue weighted by Gasteiger charge is -2.24. The maximum absolute atomic E-state index is 13.0. The fraction of sp³-hybridized carbons (Fsp3) is 0.333. The molecule has 3 aromatic heterocycles. The van der Waals surface area contributed by atoms with Crippen LogP contribution in [0.5, 0.6) is 0 Å². The molecular weight excluding hydrogens is 382 g/mol. The number of rotatable bonds is 5. The van der Waals surface area contributed by atoms with Crippen molar-refractivity contribution in [1.29, 1.82) is 0 Å². The number of anilines is 1. The second-order valence-corrected chi connectivity index (χ2v) is 7.44. The zero-order valence-electron chi connectivity index (χ0n) is 17.0. The topological polar surface area (TPSA) is 97.1 Å². The molecule has 1 amide bonds. The molecule has 154 valence electrons. The predicted octanol–water partition coefficient (Wildman–Crippen LogP) is 1.47. The van der Waals surface area contributed by atoms with E-state index in [2.05, 4.69) is 20.3 Å². The van der Waals surface area contributed by atoms with Crippen LogP contribution in [0.2, 0.25) is 0 Å². The summed E-state index contributed by atoms with van der Waals surface area (Å²) < 4.78 is 1.44. The van der Waals surface area contributed by atoms with Crippen LogP contribution in [0.4, 0.5) is 5.82 Å². The van der Waals surface area contributed by atoms with Gasteiger partial charge in [-0.1, -0.05) is 0 Å². The molecule has 1 unspecified atom stereocenters. The normalized spacial score (nSPS) is 15.9. The van der Waals surface area contributed by atoms with Gasteiger partial charge >= 0.3 is 0 Å². The summed E-state index contributed by atoms with van der Waals surface area (Å²) in [5.41, 5.74) is 1.69. The largest absolute Gasteiger partial charge is 0.361 e. The lowest BCUT2D eigenvalue weighted by Crippen LogP contribution is -2.41. The van der Waals surface area contributed by atoms with E-state index >= 15 is 0 Å². The molecule has 0 bridgehead atoms. The van der Waals surface area contributed by atoms with E-state index in [1.807, 2.05) is 31.1 Å². The summed E-state index contributed by atoms with van der Waals surface area (Å²) in [6.07, 6.45) is 5.06. The average Bonchev–Trinajstić information content (AvgIpc) is 3.23. The Labute approximate surface area is 174 Å². The quantitative estimate of drug-likeness (QED) is 0.634. The van der Waals surface area contributed by atoms with Crippen LogP contribution in [-0.4, -0.2) is 62.5 Å². The summed E-state index contributed by atoms with van der Waals surface area (Å²) in [5, 5.41) is 12.7. The number of pyridine rings is 1. The zero-order chi connectivity index (χ0) is 21.1. The van der Waals surface area contributed by atoms with E-state index in [-0.39, 0.29) is 17.5 Å². The maximum Gasteiger partial charge on any atom is 0.274 e. The number of likely N-dealkylation sites (tertiary alicyclic amines) is 1. The summed E-state index contributed by atoms with van der Waals surface area (Å²) in [6.45, 7) is 0.964. The Morgan fingerprint density at radius 2 is 1.90 bits per heavy atom. The second kappa shape index (κ2) is 8.40. The minimum atomic E-state index is -0.192. The number of carbonyl (C=O) groups is 1. The molecule has 30 heavy (non-hydrogen) atoms. The molecule has 4 rings (SSSR count). The number of hydrogen-bond acceptors (Lipinski definition) is 7. The first-order valence-electron chi connectivity index (χ1n) is 9.83. The molecule has 0 aliphatic carbocycles. The average molecular weight is 405 g/mol. The third kappa shape index (κ3) is 4.05. The molecular formula is C21H23N7O2. The summed E-state index contributed by atoms with van der Waals surface area (Å²) in [6, 6.07) is 10.2. The fourth-order valence-corrected chi connectivity index (χ4v) is 3.57. The summed E-state index contributed by atoms with van der Waals surface area (Å²) >= 11 is 0. The molecule has 0 spiro atoms. The van der Waals surface area contributed by atoms with Crippen LogP contribution in [0.3, 0.4) is 0 Å². The standard InChI is InChI=1S/C21H23N7O2/c1-26(2)19-7-5-18(23-24-19)21(30)27-13-3-4-16(27)14-28-20(29)8-6-17(25-28)15-9-11-22-12-10-15/h5-12,16H,3-4,13-14H2,1-2H3. The van der Waals surface area contributed by atoms with Crippen molar-refractivity contribution in [1.82, 2.24) is 29.9 Å². The summed E-state index contributed by atoms with van der Waals surface area (Å²) in [4.78, 5) is 33.0. The number of carbonyl (C=O) groups excluding carboxylic acids is 1. The minimum absolute atomic E-state index is 0.120. The monoisotopic (exact) mass is 405 g/mol. The molecule has 0 N–H and O–H groups in total. The highest BCUT2D eigenvalue weighted by atomic mass is 16.2. The Kier molecular flexibility index (Phi) is 5.51. The molecule has 4 heterocycles. The highest BCUT2D eigenvalue weighted by Gasteiger charge is 2.31. The highest BCUT2D eigenvalue weighted by Crippen LogP contribution is 2.21. The van der Waals surface area contributed by atoms with Gasteiger partial charge in [0.15, 0.2) is 11.5 Å². The van der Waals surface area contributed by atoms with Gasteiger partial charge in [0.1, 0.15) is 0 Å². The highest BCUT2D eigenvalue weighted by molar-refractivity contribution is 5.92. The van der Waals surface area contributed by atoms with Crippen LogP contribution < -0.4 is 10.5 Å². The Bertz CT molecular complexity index is 1080. The van der Waals surface area contributed by atoms with Gasteiger partial charge in [0.25, 0.3) is 11.5 Å². The van der Waals surface area contributed by atoms with Crippen molar-refractivity contribution < 1.29 is 4.79 Å². The van der Waals surface area contributed by atoms with Crippen LogP contribution in [0.15, 0.2) is 53.6 Å². The van der Waals surface area contributed by atoms with Crippen LogP contribution in [-0.2, 0) is 6.54 Å². The number of nitrogens with zero attached hydrogens (tertiary/aromatic N) is 7. The smallest absolute Gasteiger partial charge is 0.274 e. The Hall–Kier alpha value is -3.62. The second-order valence-electron chi connectivity index (χ2n) is 7.44. The zero-order valence-corrected chi connectivity index (χ0v) is 17.0. The van der Waals surface area contributed by atoms with Gasteiger partial charge in [-0.15, -0.1) is 10.2 Å². The van der Waals surface area contributed by atoms with Crippen molar-refractivity contribution in [2.24, 2.45) is 0 Å². The molecule has 1 fully saturated rings. The van der Waals surface area contributed by atoms with E-state index < -0.39 is 0 Å². The van der Waals surface area contributed by atoms with E-state index in [0.29, 0.717) is 30.3 Å². The molecule has 1 aliphatic rings. The first-order valence-corrected chi connectivity index (χ1v) is 9.83. The van der Waals surface area contributed by atoms with Gasteiger partial charge in [0.2, 0.25) is 0 Å². The van der Waals surface area contributed by atoms with Crippen molar-refractivity contribution in [2.45, 2.75) is 25.4 Å². The van der Waals surface area contributed by atoms with Crippen LogP contribution in [0, 0.1) is 0 Å². The number of aromatic nitrogens is 5. The van der Waals surface area contributed by atoms with Crippen molar-refractivity contribution in [3.63, 3.8) is 0 Å². The molecule has 1 saturated heterocycles. The van der Waals surface area contributed by atoms with Gasteiger partial charge in [-0.3, -0.25) is 14.6 Å². The van der Waals surface area contributed by atoms with Crippen LogP contribution in [0.1, 0.15) is 23.3 Å². The molecule has 0 saturated carbocycles. The SMILES string of the molecule is CN(C)c1ccc(C(=O)N2CCCC2Cn2nc(-c3ccncc3)ccc2=O)nn1. The summed E-state index contributed by atoms with van der Waals surface area (Å²) in [5.74, 6) is 0.516. The van der Waals surface area contributed by atoms with Gasteiger partial charge in [-0.05, 0) is 43.2 Å². The third-order valence-corrected chi connectivity index (χ3v) is 5.19. The van der Waals surface area contributed by atoms with Crippen molar-refractivity contribution in [3.8, 4) is 11.3 Å². The van der Waals surface area contributed by atoms with Crippen LogP contribution >= 0.6 is 0 Å². The Balaban J connectivity index is 1.54. The Morgan fingerprint density at radius 1 is 1.10 bits per heavy atom. The van der Waals surface area contributed by atoms with Gasteiger partial charge in [-0.25, -0.2) is 4.68 Å². The molecule has 3 aromatic rings. The molecule has 9 nitrogen and oxygen atoms in total. The van der Waals surface area contributed by atoms with Gasteiger partial charge < -0.3 is 9.80 Å². The molecule has 1 aliphatic heterocycles. The first-order chi connectivity index (χ1) is 14.5. The van der Waals surface area contributed by atoms with Crippen molar-refractivity contribution >= 4 is 11.7 Å².